The molecule has 0 fully saturated rings. The molecule has 0 aliphatic heterocycles. The maximum Gasteiger partial charge on any atom is 1.00 e. The van der Waals surface area contributed by atoms with Gasteiger partial charge in [0.15, 0.2) is 11.1 Å². The van der Waals surface area contributed by atoms with Gasteiger partial charge < -0.3 is 5.98 Å². The zero-order valence-electron chi connectivity index (χ0n) is 7.74. The molecule has 0 saturated carbocycles. The minimum atomic E-state index is -1.90. The van der Waals surface area contributed by atoms with Crippen LogP contribution in [-0.2, 0) is 18.1 Å². The zero-order chi connectivity index (χ0) is 7.72. The van der Waals surface area contributed by atoms with Crippen LogP contribution in [0.15, 0.2) is 11.1 Å². The van der Waals surface area contributed by atoms with Crippen molar-refractivity contribution in [3.63, 3.8) is 0 Å². The van der Waals surface area contributed by atoms with Crippen molar-refractivity contribution in [1.29, 1.82) is 0 Å². The minimum absolute atomic E-state index is 0. The molecule has 0 aromatic carbocycles. The molecular weight excluding hydrogens is 175 g/mol. The quantitative estimate of drug-likeness (QED) is 0.385. The van der Waals surface area contributed by atoms with Crippen molar-refractivity contribution in [1.82, 2.24) is 9.78 Å². The summed E-state index contributed by atoms with van der Waals surface area (Å²) in [6.07, 6.45) is 1.53. The van der Waals surface area contributed by atoms with Crippen molar-refractivity contribution in [2.75, 3.05) is 0 Å². The van der Waals surface area contributed by atoms with E-state index in [1.165, 1.54) is 10.9 Å². The number of nitrogens with zero attached hydrogens (tertiary/aromatic N) is 2. The summed E-state index contributed by atoms with van der Waals surface area (Å²) in [4.78, 5) is 0.377. The van der Waals surface area contributed by atoms with Gasteiger partial charge in [-0.25, -0.2) is 4.21 Å². The van der Waals surface area contributed by atoms with Crippen LogP contribution in [0.3, 0.4) is 0 Å². The SMILES string of the molecule is Cc1nn(C)cc1S(=O)O.[H-].[Na+]. The standard InChI is InChI=1S/C5H8N2O2S.Na.H/c1-4-5(10(8)9)3-7(2)6-4;;/h3H,1-2H3,(H,8,9);;/q;+1;-1. The van der Waals surface area contributed by atoms with Crippen molar-refractivity contribution in [2.24, 2.45) is 7.05 Å². The molecule has 1 rings (SSSR count). The van der Waals surface area contributed by atoms with Crippen LogP contribution in [0.1, 0.15) is 7.12 Å². The molecule has 0 aliphatic carbocycles. The molecule has 1 unspecified atom stereocenters. The maximum atomic E-state index is 10.5. The molecule has 1 aromatic rings. The average molecular weight is 184 g/mol. The van der Waals surface area contributed by atoms with Crippen molar-refractivity contribution < 1.29 is 39.7 Å². The molecule has 0 aliphatic rings. The summed E-state index contributed by atoms with van der Waals surface area (Å²) >= 11 is -1.90. The van der Waals surface area contributed by atoms with E-state index in [0.29, 0.717) is 10.6 Å². The molecule has 0 bridgehead atoms. The normalized spacial score (nSPS) is 12.3. The van der Waals surface area contributed by atoms with Crippen molar-refractivity contribution in [2.45, 2.75) is 11.8 Å². The van der Waals surface area contributed by atoms with Gasteiger partial charge in [-0.3, -0.25) is 4.68 Å². The summed E-state index contributed by atoms with van der Waals surface area (Å²) < 4.78 is 20.6. The first-order valence-electron chi connectivity index (χ1n) is 2.72. The summed E-state index contributed by atoms with van der Waals surface area (Å²) in [6.45, 7) is 1.70. The van der Waals surface area contributed by atoms with Crippen LogP contribution >= 0.6 is 0 Å². The number of hydrogen-bond acceptors (Lipinski definition) is 2. The van der Waals surface area contributed by atoms with Gasteiger partial charge in [-0.15, -0.1) is 0 Å². The summed E-state index contributed by atoms with van der Waals surface area (Å²) in [6, 6.07) is 0. The molecule has 1 aromatic heterocycles. The molecule has 11 heavy (non-hydrogen) atoms. The summed E-state index contributed by atoms with van der Waals surface area (Å²) in [7, 11) is 1.71. The van der Waals surface area contributed by atoms with Gasteiger partial charge in [0.25, 0.3) is 0 Å². The molecular formula is C5H9N2NaO2S. The predicted octanol–water partition coefficient (Wildman–Crippen LogP) is -2.57. The molecule has 0 spiro atoms. The Bertz CT molecular complexity index is 278. The van der Waals surface area contributed by atoms with Gasteiger partial charge in [0, 0.05) is 13.2 Å². The van der Waals surface area contributed by atoms with E-state index in [4.69, 9.17) is 4.55 Å². The average Bonchev–Trinajstić information content (AvgIpc) is 2.10. The van der Waals surface area contributed by atoms with Crippen LogP contribution < -0.4 is 29.6 Å². The van der Waals surface area contributed by atoms with Crippen molar-refractivity contribution in [3.8, 4) is 0 Å². The topological polar surface area (TPSA) is 55.1 Å². The third kappa shape index (κ3) is 2.68. The first-order valence-corrected chi connectivity index (χ1v) is 3.83. The van der Waals surface area contributed by atoms with Gasteiger partial charge in [0.1, 0.15) is 4.90 Å². The molecule has 0 radical (unpaired) electrons. The predicted molar refractivity (Wildman–Crippen MR) is 38.1 cm³/mol. The van der Waals surface area contributed by atoms with Crippen LogP contribution in [-0.4, -0.2) is 18.5 Å². The molecule has 1 heterocycles. The Balaban J connectivity index is 0. The molecule has 6 heteroatoms. The van der Waals surface area contributed by atoms with E-state index in [1.807, 2.05) is 0 Å². The third-order valence-corrected chi connectivity index (χ3v) is 1.93. The second-order valence-corrected chi connectivity index (χ2v) is 2.94. The van der Waals surface area contributed by atoms with Gasteiger partial charge >= 0.3 is 29.6 Å². The Hall–Kier alpha value is 0.320. The van der Waals surface area contributed by atoms with Crippen molar-refractivity contribution in [3.05, 3.63) is 11.9 Å². The number of aromatic nitrogens is 2. The van der Waals surface area contributed by atoms with E-state index >= 15 is 0 Å². The van der Waals surface area contributed by atoms with Gasteiger partial charge in [-0.05, 0) is 6.92 Å². The number of rotatable bonds is 1. The van der Waals surface area contributed by atoms with E-state index in [9.17, 15) is 4.21 Å². The molecule has 1 atom stereocenters. The third-order valence-electron chi connectivity index (χ3n) is 1.16. The van der Waals surface area contributed by atoms with E-state index in [-0.39, 0.29) is 31.0 Å². The largest absolute Gasteiger partial charge is 1.00 e. The van der Waals surface area contributed by atoms with Gasteiger partial charge in [0.05, 0.1) is 5.69 Å². The zero-order valence-corrected chi connectivity index (χ0v) is 9.55. The molecule has 1 N–H and O–H groups in total. The van der Waals surface area contributed by atoms with Crippen LogP contribution in [0.5, 0.6) is 0 Å². The van der Waals surface area contributed by atoms with Gasteiger partial charge in [0.2, 0.25) is 0 Å². The van der Waals surface area contributed by atoms with E-state index in [0.717, 1.165) is 0 Å². The fraction of sp³-hybridized carbons (Fsp3) is 0.400. The molecule has 0 amide bonds. The van der Waals surface area contributed by atoms with Crippen LogP contribution in [0, 0.1) is 6.92 Å². The van der Waals surface area contributed by atoms with Crippen LogP contribution in [0.4, 0.5) is 0 Å². The Labute approximate surface area is 91.0 Å². The first kappa shape index (κ1) is 11.3. The number of hydrogen-bond donors (Lipinski definition) is 1. The van der Waals surface area contributed by atoms with E-state index < -0.39 is 11.1 Å². The fourth-order valence-electron chi connectivity index (χ4n) is 0.749. The van der Waals surface area contributed by atoms with E-state index in [1.54, 1.807) is 14.0 Å². The Morgan fingerprint density at radius 2 is 2.36 bits per heavy atom. The van der Waals surface area contributed by atoms with Crippen molar-refractivity contribution >= 4 is 11.1 Å². The maximum absolute atomic E-state index is 10.5. The fourth-order valence-corrected chi connectivity index (χ4v) is 1.29. The first-order chi connectivity index (χ1) is 4.61. The Morgan fingerprint density at radius 3 is 2.55 bits per heavy atom. The molecule has 4 nitrogen and oxygen atoms in total. The second-order valence-electron chi connectivity index (χ2n) is 2.00. The Kier molecular flexibility index (Phi) is 4.50. The van der Waals surface area contributed by atoms with Crippen LogP contribution in [0.2, 0.25) is 0 Å². The smallest absolute Gasteiger partial charge is 1.00 e. The van der Waals surface area contributed by atoms with Gasteiger partial charge in [-0.1, -0.05) is 0 Å². The van der Waals surface area contributed by atoms with E-state index in [2.05, 4.69) is 5.10 Å². The summed E-state index contributed by atoms with van der Waals surface area (Å²) in [5.74, 6) is 0. The summed E-state index contributed by atoms with van der Waals surface area (Å²) in [5.41, 5.74) is 0.600. The monoisotopic (exact) mass is 184 g/mol. The second kappa shape index (κ2) is 4.37. The molecule has 0 saturated heterocycles. The molecule has 58 valence electrons. The number of aryl methyl sites for hydroxylation is 2. The summed E-state index contributed by atoms with van der Waals surface area (Å²) in [5, 5.41) is 3.90. The van der Waals surface area contributed by atoms with Crippen LogP contribution in [0.25, 0.3) is 0 Å². The minimum Gasteiger partial charge on any atom is -1.00 e. The Morgan fingerprint density at radius 1 is 1.82 bits per heavy atom. The van der Waals surface area contributed by atoms with Gasteiger partial charge in [-0.2, -0.15) is 5.10 Å².